The van der Waals surface area contributed by atoms with E-state index >= 15 is 0 Å². The SMILES string of the molecule is CCCNCC(CC)(CC)CN(CCOC)C1CC1. The number of nitrogens with one attached hydrogen (secondary N) is 1. The molecule has 19 heavy (non-hydrogen) atoms. The second kappa shape index (κ2) is 8.93. The lowest BCUT2D eigenvalue weighted by Crippen LogP contribution is -2.45. The standard InChI is InChI=1S/C16H34N2O/c1-5-10-17-13-16(6-2,7-3)14-18(11-12-19-4)15-8-9-15/h15,17H,5-14H2,1-4H3. The van der Waals surface area contributed by atoms with Gasteiger partial charge < -0.3 is 10.1 Å². The predicted octanol–water partition coefficient (Wildman–Crippen LogP) is 2.90. The van der Waals surface area contributed by atoms with Gasteiger partial charge in [0.15, 0.2) is 0 Å². The van der Waals surface area contributed by atoms with Crippen LogP contribution in [-0.2, 0) is 4.74 Å². The fourth-order valence-corrected chi connectivity index (χ4v) is 2.78. The van der Waals surface area contributed by atoms with E-state index in [9.17, 15) is 0 Å². The van der Waals surface area contributed by atoms with E-state index in [1.807, 2.05) is 0 Å². The van der Waals surface area contributed by atoms with Gasteiger partial charge in [-0.2, -0.15) is 0 Å². The molecule has 0 aromatic heterocycles. The van der Waals surface area contributed by atoms with Crippen molar-refractivity contribution in [3.8, 4) is 0 Å². The zero-order valence-electron chi connectivity index (χ0n) is 13.5. The van der Waals surface area contributed by atoms with E-state index in [1.165, 1.54) is 38.6 Å². The number of rotatable bonds is 12. The summed E-state index contributed by atoms with van der Waals surface area (Å²) < 4.78 is 5.27. The minimum Gasteiger partial charge on any atom is -0.383 e. The molecule has 0 bridgehead atoms. The minimum absolute atomic E-state index is 0.436. The molecule has 0 atom stereocenters. The molecule has 0 aromatic carbocycles. The number of nitrogens with zero attached hydrogens (tertiary/aromatic N) is 1. The Hall–Kier alpha value is -0.120. The first-order valence-electron chi connectivity index (χ1n) is 8.15. The molecule has 1 fully saturated rings. The van der Waals surface area contributed by atoms with Crippen molar-refractivity contribution >= 4 is 0 Å². The van der Waals surface area contributed by atoms with E-state index in [0.717, 1.165) is 32.3 Å². The van der Waals surface area contributed by atoms with Crippen LogP contribution in [0.25, 0.3) is 0 Å². The number of hydrogen-bond donors (Lipinski definition) is 1. The van der Waals surface area contributed by atoms with Crippen LogP contribution in [0.1, 0.15) is 52.9 Å². The van der Waals surface area contributed by atoms with Crippen LogP contribution in [0.5, 0.6) is 0 Å². The highest BCUT2D eigenvalue weighted by Crippen LogP contribution is 2.33. The summed E-state index contributed by atoms with van der Waals surface area (Å²) in [7, 11) is 1.81. The van der Waals surface area contributed by atoms with Crippen molar-refractivity contribution < 1.29 is 4.74 Å². The molecule has 0 saturated heterocycles. The molecule has 1 aliphatic rings. The van der Waals surface area contributed by atoms with Crippen molar-refractivity contribution in [1.82, 2.24) is 10.2 Å². The molecule has 1 N–H and O–H groups in total. The zero-order valence-corrected chi connectivity index (χ0v) is 13.5. The third kappa shape index (κ3) is 5.80. The lowest BCUT2D eigenvalue weighted by Gasteiger charge is -2.38. The van der Waals surface area contributed by atoms with Gasteiger partial charge in [-0.15, -0.1) is 0 Å². The minimum atomic E-state index is 0.436. The normalized spacial score (nSPS) is 16.3. The highest BCUT2D eigenvalue weighted by Gasteiger charge is 2.35. The van der Waals surface area contributed by atoms with Crippen LogP contribution < -0.4 is 5.32 Å². The van der Waals surface area contributed by atoms with Crippen LogP contribution in [0.3, 0.4) is 0 Å². The summed E-state index contributed by atoms with van der Waals surface area (Å²) >= 11 is 0. The molecular formula is C16H34N2O. The van der Waals surface area contributed by atoms with Crippen LogP contribution in [0.2, 0.25) is 0 Å². The predicted molar refractivity (Wildman–Crippen MR) is 82.6 cm³/mol. The van der Waals surface area contributed by atoms with Gasteiger partial charge in [-0.25, -0.2) is 0 Å². The van der Waals surface area contributed by atoms with Crippen molar-refractivity contribution in [3.05, 3.63) is 0 Å². The van der Waals surface area contributed by atoms with Gasteiger partial charge in [0.05, 0.1) is 6.61 Å². The second-order valence-electron chi connectivity index (χ2n) is 6.08. The molecule has 0 spiro atoms. The van der Waals surface area contributed by atoms with E-state index in [2.05, 4.69) is 31.0 Å². The van der Waals surface area contributed by atoms with Gasteiger partial charge in [0, 0.05) is 32.8 Å². The lowest BCUT2D eigenvalue weighted by molar-refractivity contribution is 0.0926. The summed E-state index contributed by atoms with van der Waals surface area (Å²) in [5, 5.41) is 3.64. The van der Waals surface area contributed by atoms with Gasteiger partial charge in [-0.3, -0.25) is 4.90 Å². The van der Waals surface area contributed by atoms with Gasteiger partial charge in [0.25, 0.3) is 0 Å². The van der Waals surface area contributed by atoms with Gasteiger partial charge in [-0.05, 0) is 44.1 Å². The Labute approximate surface area is 120 Å². The maximum absolute atomic E-state index is 5.27. The quantitative estimate of drug-likeness (QED) is 0.552. The van der Waals surface area contributed by atoms with Crippen molar-refractivity contribution in [3.63, 3.8) is 0 Å². The van der Waals surface area contributed by atoms with Crippen molar-refractivity contribution in [2.45, 2.75) is 58.9 Å². The van der Waals surface area contributed by atoms with Crippen LogP contribution in [0.15, 0.2) is 0 Å². The molecule has 1 rings (SSSR count). The average molecular weight is 270 g/mol. The lowest BCUT2D eigenvalue weighted by atomic mass is 9.81. The summed E-state index contributed by atoms with van der Waals surface area (Å²) in [6.45, 7) is 12.4. The Bertz CT molecular complexity index is 225. The highest BCUT2D eigenvalue weighted by molar-refractivity contribution is 4.90. The first-order valence-corrected chi connectivity index (χ1v) is 8.15. The van der Waals surface area contributed by atoms with E-state index in [1.54, 1.807) is 7.11 Å². The highest BCUT2D eigenvalue weighted by atomic mass is 16.5. The molecule has 3 heteroatoms. The van der Waals surface area contributed by atoms with Crippen LogP contribution in [-0.4, -0.2) is 50.8 Å². The number of ether oxygens (including phenoxy) is 1. The van der Waals surface area contributed by atoms with E-state index in [4.69, 9.17) is 4.74 Å². The summed E-state index contributed by atoms with van der Waals surface area (Å²) in [4.78, 5) is 2.67. The van der Waals surface area contributed by atoms with Crippen molar-refractivity contribution in [2.24, 2.45) is 5.41 Å². The Morgan fingerprint density at radius 2 is 1.89 bits per heavy atom. The van der Waals surface area contributed by atoms with Crippen LogP contribution in [0.4, 0.5) is 0 Å². The summed E-state index contributed by atoms with van der Waals surface area (Å²) in [6.07, 6.45) is 6.51. The maximum Gasteiger partial charge on any atom is 0.0589 e. The van der Waals surface area contributed by atoms with Gasteiger partial charge in [-0.1, -0.05) is 20.8 Å². The molecule has 0 aliphatic heterocycles. The van der Waals surface area contributed by atoms with E-state index < -0.39 is 0 Å². The molecule has 114 valence electrons. The Balaban J connectivity index is 2.52. The van der Waals surface area contributed by atoms with E-state index in [-0.39, 0.29) is 0 Å². The third-order valence-corrected chi connectivity index (χ3v) is 4.61. The molecule has 0 radical (unpaired) electrons. The fourth-order valence-electron chi connectivity index (χ4n) is 2.78. The maximum atomic E-state index is 5.27. The first kappa shape index (κ1) is 16.9. The number of methoxy groups -OCH3 is 1. The summed E-state index contributed by atoms with van der Waals surface area (Å²) in [5.74, 6) is 0. The Morgan fingerprint density at radius 1 is 1.21 bits per heavy atom. The average Bonchev–Trinajstić information content (AvgIpc) is 3.26. The molecule has 1 saturated carbocycles. The molecule has 0 aromatic rings. The first-order chi connectivity index (χ1) is 9.21. The van der Waals surface area contributed by atoms with Crippen molar-refractivity contribution in [2.75, 3.05) is 39.9 Å². The molecule has 0 unspecified atom stereocenters. The van der Waals surface area contributed by atoms with E-state index in [0.29, 0.717) is 5.41 Å². The summed E-state index contributed by atoms with van der Waals surface area (Å²) in [5.41, 5.74) is 0.436. The van der Waals surface area contributed by atoms with Crippen molar-refractivity contribution in [1.29, 1.82) is 0 Å². The fraction of sp³-hybridized carbons (Fsp3) is 1.00. The Morgan fingerprint density at radius 3 is 2.37 bits per heavy atom. The molecular weight excluding hydrogens is 236 g/mol. The summed E-state index contributed by atoms with van der Waals surface area (Å²) in [6, 6.07) is 0.832. The smallest absolute Gasteiger partial charge is 0.0589 e. The second-order valence-corrected chi connectivity index (χ2v) is 6.08. The monoisotopic (exact) mass is 270 g/mol. The van der Waals surface area contributed by atoms with Crippen LogP contribution in [0, 0.1) is 5.41 Å². The molecule has 0 amide bonds. The van der Waals surface area contributed by atoms with Gasteiger partial charge in [0.2, 0.25) is 0 Å². The topological polar surface area (TPSA) is 24.5 Å². The molecule has 1 aliphatic carbocycles. The van der Waals surface area contributed by atoms with Gasteiger partial charge in [0.1, 0.15) is 0 Å². The third-order valence-electron chi connectivity index (χ3n) is 4.61. The molecule has 3 nitrogen and oxygen atoms in total. The zero-order chi connectivity index (χ0) is 14.1. The number of hydrogen-bond acceptors (Lipinski definition) is 3. The van der Waals surface area contributed by atoms with Crippen LogP contribution >= 0.6 is 0 Å². The Kier molecular flexibility index (Phi) is 7.96. The van der Waals surface area contributed by atoms with Gasteiger partial charge >= 0.3 is 0 Å². The largest absolute Gasteiger partial charge is 0.383 e. The molecule has 0 heterocycles.